The summed E-state index contributed by atoms with van der Waals surface area (Å²) in [5, 5.41) is 12.5. The van der Waals surface area contributed by atoms with Crippen molar-refractivity contribution in [2.75, 3.05) is 5.32 Å². The molecule has 0 spiro atoms. The van der Waals surface area contributed by atoms with Crippen molar-refractivity contribution < 1.29 is 14.3 Å². The molecule has 0 saturated heterocycles. The van der Waals surface area contributed by atoms with Gasteiger partial charge in [-0.2, -0.15) is 0 Å². The molecule has 160 valence electrons. The van der Waals surface area contributed by atoms with Crippen molar-refractivity contribution in [1.82, 2.24) is 9.97 Å². The first kappa shape index (κ1) is 21.2. The maximum Gasteiger partial charge on any atom is 0.229 e. The summed E-state index contributed by atoms with van der Waals surface area (Å²) in [6, 6.07) is 22.4. The minimum atomic E-state index is -0.342. The first-order chi connectivity index (χ1) is 15.5. The number of aromatic nitrogens is 2. The number of carbonyl (C=O) groups excluding carboxylic acids is 1. The minimum absolute atomic E-state index is 0.103. The Hall–Kier alpha value is -4.06. The Bertz CT molecular complexity index is 1220. The maximum absolute atomic E-state index is 13.1. The highest BCUT2D eigenvalue weighted by atomic mass is 19.1. The smallest absolute Gasteiger partial charge is 0.229 e. The molecule has 4 aromatic rings. The summed E-state index contributed by atoms with van der Waals surface area (Å²) >= 11 is 0. The highest BCUT2D eigenvalue weighted by Crippen LogP contribution is 2.26. The third kappa shape index (κ3) is 5.16. The van der Waals surface area contributed by atoms with Crippen LogP contribution in [0.3, 0.4) is 0 Å². The molecule has 0 saturated carbocycles. The number of aromatic hydroxyl groups is 1. The van der Waals surface area contributed by atoms with Crippen LogP contribution < -0.4 is 5.32 Å². The number of hydrogen-bond donors (Lipinski definition) is 2. The van der Waals surface area contributed by atoms with Crippen molar-refractivity contribution >= 4 is 11.7 Å². The molecule has 1 amide bonds. The number of anilines is 1. The summed E-state index contributed by atoms with van der Waals surface area (Å²) in [6.45, 7) is 1.83. The third-order valence-corrected chi connectivity index (χ3v) is 5.03. The predicted molar refractivity (Wildman–Crippen MR) is 122 cm³/mol. The van der Waals surface area contributed by atoms with Gasteiger partial charge in [-0.05, 0) is 54.4 Å². The monoisotopic (exact) mass is 427 g/mol. The van der Waals surface area contributed by atoms with Gasteiger partial charge in [-0.25, -0.2) is 14.4 Å². The van der Waals surface area contributed by atoms with Crippen molar-refractivity contribution in [2.24, 2.45) is 0 Å². The first-order valence-corrected chi connectivity index (χ1v) is 10.2. The van der Waals surface area contributed by atoms with Crippen LogP contribution in [0, 0.1) is 12.7 Å². The van der Waals surface area contributed by atoms with E-state index in [4.69, 9.17) is 4.98 Å². The van der Waals surface area contributed by atoms with E-state index < -0.39 is 0 Å². The molecule has 0 aliphatic rings. The second-order valence-electron chi connectivity index (χ2n) is 7.51. The number of aryl methyl sites for hydroxylation is 1. The molecule has 5 nitrogen and oxygen atoms in total. The average molecular weight is 427 g/mol. The van der Waals surface area contributed by atoms with Crippen molar-refractivity contribution in [3.05, 3.63) is 107 Å². The molecule has 1 aromatic heterocycles. The van der Waals surface area contributed by atoms with Gasteiger partial charge in [-0.15, -0.1) is 0 Å². The Morgan fingerprint density at radius 3 is 2.28 bits per heavy atom. The normalized spacial score (nSPS) is 10.7. The fourth-order valence-electron chi connectivity index (χ4n) is 3.42. The van der Waals surface area contributed by atoms with E-state index in [1.807, 2.05) is 37.3 Å². The standard InChI is InChI=1S/C26H22FN3O2/c1-17-25(20-9-13-22(31)14-10-20)29-23(15-18-5-3-2-4-6-18)26(28-17)30-24(32)16-19-7-11-21(27)12-8-19/h2-14,31H,15-16H2,1H3,(H,28,30,32). The Kier molecular flexibility index (Phi) is 6.22. The lowest BCUT2D eigenvalue weighted by atomic mass is 10.1. The van der Waals surface area contributed by atoms with Gasteiger partial charge < -0.3 is 10.4 Å². The zero-order valence-electron chi connectivity index (χ0n) is 17.5. The van der Waals surface area contributed by atoms with Crippen LogP contribution in [0.1, 0.15) is 22.5 Å². The summed E-state index contributed by atoms with van der Waals surface area (Å²) in [6.07, 6.45) is 0.594. The molecule has 4 rings (SSSR count). The number of nitrogens with zero attached hydrogens (tertiary/aromatic N) is 2. The molecular formula is C26H22FN3O2. The van der Waals surface area contributed by atoms with E-state index in [1.54, 1.807) is 36.4 Å². The van der Waals surface area contributed by atoms with E-state index in [0.717, 1.165) is 11.1 Å². The van der Waals surface area contributed by atoms with E-state index in [1.165, 1.54) is 12.1 Å². The van der Waals surface area contributed by atoms with Gasteiger partial charge >= 0.3 is 0 Å². The Labute approximate surface area is 185 Å². The molecule has 6 heteroatoms. The molecule has 32 heavy (non-hydrogen) atoms. The van der Waals surface area contributed by atoms with E-state index in [-0.39, 0.29) is 23.9 Å². The lowest BCUT2D eigenvalue weighted by Crippen LogP contribution is -2.18. The molecular weight excluding hydrogens is 405 g/mol. The average Bonchev–Trinajstić information content (AvgIpc) is 2.78. The van der Waals surface area contributed by atoms with Gasteiger partial charge in [0.25, 0.3) is 0 Å². The van der Waals surface area contributed by atoms with Gasteiger partial charge in [0.1, 0.15) is 11.6 Å². The van der Waals surface area contributed by atoms with Crippen LogP contribution in [0.15, 0.2) is 78.9 Å². The summed E-state index contributed by atoms with van der Waals surface area (Å²) in [5.74, 6) is -0.0165. The van der Waals surface area contributed by atoms with Gasteiger partial charge in [0.15, 0.2) is 5.82 Å². The second-order valence-corrected chi connectivity index (χ2v) is 7.51. The summed E-state index contributed by atoms with van der Waals surface area (Å²) < 4.78 is 13.1. The fourth-order valence-corrected chi connectivity index (χ4v) is 3.42. The predicted octanol–water partition coefficient (Wildman–Crippen LogP) is 5.07. The lowest BCUT2D eigenvalue weighted by Gasteiger charge is -2.14. The molecule has 2 N–H and O–H groups in total. The second kappa shape index (κ2) is 9.39. The molecule has 1 heterocycles. The maximum atomic E-state index is 13.1. The van der Waals surface area contributed by atoms with Crippen LogP contribution >= 0.6 is 0 Å². The van der Waals surface area contributed by atoms with Crippen molar-refractivity contribution in [3.8, 4) is 17.0 Å². The van der Waals surface area contributed by atoms with Crippen LogP contribution in [-0.2, 0) is 17.6 Å². The van der Waals surface area contributed by atoms with Crippen LogP contribution in [-0.4, -0.2) is 21.0 Å². The van der Waals surface area contributed by atoms with Crippen LogP contribution in [0.4, 0.5) is 10.2 Å². The third-order valence-electron chi connectivity index (χ3n) is 5.03. The topological polar surface area (TPSA) is 75.1 Å². The Morgan fingerprint density at radius 2 is 1.59 bits per heavy atom. The number of nitrogens with one attached hydrogen (secondary N) is 1. The highest BCUT2D eigenvalue weighted by molar-refractivity contribution is 5.92. The van der Waals surface area contributed by atoms with Crippen LogP contribution in [0.5, 0.6) is 5.75 Å². The molecule has 0 radical (unpaired) electrons. The number of halogens is 1. The number of amides is 1. The van der Waals surface area contributed by atoms with Gasteiger partial charge in [0, 0.05) is 12.0 Å². The number of phenolic OH excluding ortho intramolecular Hbond substituents is 1. The molecule has 0 atom stereocenters. The van der Waals surface area contributed by atoms with Gasteiger partial charge in [-0.1, -0.05) is 42.5 Å². The zero-order valence-corrected chi connectivity index (χ0v) is 17.5. The molecule has 0 aliphatic heterocycles. The quantitative estimate of drug-likeness (QED) is 0.451. The Morgan fingerprint density at radius 1 is 0.906 bits per heavy atom. The zero-order chi connectivity index (χ0) is 22.5. The van der Waals surface area contributed by atoms with E-state index in [0.29, 0.717) is 34.9 Å². The molecule has 0 unspecified atom stereocenters. The van der Waals surface area contributed by atoms with Gasteiger partial charge in [0.2, 0.25) is 5.91 Å². The number of hydrogen-bond acceptors (Lipinski definition) is 4. The summed E-state index contributed by atoms with van der Waals surface area (Å²) in [4.78, 5) is 22.2. The van der Waals surface area contributed by atoms with Gasteiger partial charge in [-0.3, -0.25) is 4.79 Å². The van der Waals surface area contributed by atoms with Crippen LogP contribution in [0.25, 0.3) is 11.3 Å². The molecule has 0 bridgehead atoms. The van der Waals surface area contributed by atoms with E-state index in [2.05, 4.69) is 10.3 Å². The number of phenols is 1. The van der Waals surface area contributed by atoms with Crippen molar-refractivity contribution in [2.45, 2.75) is 19.8 Å². The van der Waals surface area contributed by atoms with E-state index >= 15 is 0 Å². The minimum Gasteiger partial charge on any atom is -0.508 e. The molecule has 0 fully saturated rings. The SMILES string of the molecule is Cc1nc(NC(=O)Cc2ccc(F)cc2)c(Cc2ccccc2)nc1-c1ccc(O)cc1. The number of benzene rings is 3. The van der Waals surface area contributed by atoms with Crippen LogP contribution in [0.2, 0.25) is 0 Å². The van der Waals surface area contributed by atoms with Crippen molar-refractivity contribution in [3.63, 3.8) is 0 Å². The Balaban J connectivity index is 1.66. The van der Waals surface area contributed by atoms with E-state index in [9.17, 15) is 14.3 Å². The summed E-state index contributed by atoms with van der Waals surface area (Å²) in [7, 11) is 0. The molecule has 3 aromatic carbocycles. The highest BCUT2D eigenvalue weighted by Gasteiger charge is 2.16. The van der Waals surface area contributed by atoms with Gasteiger partial charge in [0.05, 0.1) is 23.5 Å². The molecule has 0 aliphatic carbocycles. The fraction of sp³-hybridized carbons (Fsp3) is 0.115. The lowest BCUT2D eigenvalue weighted by molar-refractivity contribution is -0.115. The number of carbonyl (C=O) groups is 1. The van der Waals surface area contributed by atoms with Crippen molar-refractivity contribution in [1.29, 1.82) is 0 Å². The summed E-state index contributed by atoms with van der Waals surface area (Å²) in [5.41, 5.74) is 4.55. The number of rotatable bonds is 6. The first-order valence-electron chi connectivity index (χ1n) is 10.2. The largest absolute Gasteiger partial charge is 0.508 e.